The molecule has 1 aromatic rings. The first-order valence-corrected chi connectivity index (χ1v) is 4.33. The second-order valence-electron chi connectivity index (χ2n) is 3.14. The molecule has 4 heteroatoms. The van der Waals surface area contributed by atoms with Gasteiger partial charge in [0.05, 0.1) is 11.9 Å². The molecule has 2 heterocycles. The van der Waals surface area contributed by atoms with Gasteiger partial charge in [0.25, 0.3) is 0 Å². The third-order valence-electron chi connectivity index (χ3n) is 2.20. The molecule has 1 fully saturated rings. The van der Waals surface area contributed by atoms with E-state index < -0.39 is 0 Å². The van der Waals surface area contributed by atoms with E-state index in [9.17, 15) is 0 Å². The summed E-state index contributed by atoms with van der Waals surface area (Å²) in [5.41, 5.74) is 6.28. The smallest absolute Gasteiger partial charge is 0.128 e. The summed E-state index contributed by atoms with van der Waals surface area (Å²) < 4.78 is 0. The zero-order valence-electron chi connectivity index (χ0n) is 7.44. The normalized spacial score (nSPS) is 15.5. The van der Waals surface area contributed by atoms with Gasteiger partial charge in [-0.2, -0.15) is 0 Å². The van der Waals surface area contributed by atoms with E-state index in [-0.39, 0.29) is 12.4 Å². The van der Waals surface area contributed by atoms with Crippen molar-refractivity contribution < 1.29 is 0 Å². The quantitative estimate of drug-likeness (QED) is 0.749. The highest BCUT2D eigenvalue weighted by Gasteiger charge is 2.12. The summed E-state index contributed by atoms with van der Waals surface area (Å²) in [6.45, 7) is 2.27. The number of halogens is 1. The Labute approximate surface area is 84.4 Å². The van der Waals surface area contributed by atoms with Crippen LogP contribution in [0.3, 0.4) is 0 Å². The molecule has 1 aliphatic rings. The van der Waals surface area contributed by atoms with Crippen molar-refractivity contribution in [2.45, 2.75) is 12.8 Å². The monoisotopic (exact) mass is 199 g/mol. The molecule has 3 nitrogen and oxygen atoms in total. The lowest BCUT2D eigenvalue weighted by Crippen LogP contribution is -2.18. The topological polar surface area (TPSA) is 42.1 Å². The predicted molar refractivity (Wildman–Crippen MR) is 57.3 cm³/mol. The molecular weight excluding hydrogens is 186 g/mol. The highest BCUT2D eigenvalue weighted by Crippen LogP contribution is 2.17. The molecule has 2 N–H and O–H groups in total. The Kier molecular flexibility index (Phi) is 3.37. The van der Waals surface area contributed by atoms with Crippen LogP contribution in [0.25, 0.3) is 0 Å². The second-order valence-corrected chi connectivity index (χ2v) is 3.14. The number of rotatable bonds is 1. The van der Waals surface area contributed by atoms with Crippen LogP contribution in [0.2, 0.25) is 0 Å². The molecule has 2 rings (SSSR count). The molecule has 1 aromatic heterocycles. The summed E-state index contributed by atoms with van der Waals surface area (Å²) >= 11 is 0. The van der Waals surface area contributed by atoms with Crippen LogP contribution in [-0.2, 0) is 0 Å². The zero-order valence-corrected chi connectivity index (χ0v) is 8.26. The fraction of sp³-hybridized carbons (Fsp3) is 0.444. The molecule has 0 amide bonds. The highest BCUT2D eigenvalue weighted by molar-refractivity contribution is 5.85. The first kappa shape index (κ1) is 10.1. The van der Waals surface area contributed by atoms with E-state index >= 15 is 0 Å². The van der Waals surface area contributed by atoms with E-state index in [0.29, 0.717) is 0 Å². The van der Waals surface area contributed by atoms with Gasteiger partial charge in [-0.3, -0.25) is 0 Å². The van der Waals surface area contributed by atoms with Gasteiger partial charge in [0.15, 0.2) is 0 Å². The van der Waals surface area contributed by atoms with Crippen molar-refractivity contribution >= 4 is 23.9 Å². The van der Waals surface area contributed by atoms with Crippen LogP contribution >= 0.6 is 12.4 Å². The molecule has 1 aliphatic heterocycles. The average Bonchev–Trinajstić information content (AvgIpc) is 2.58. The molecule has 0 aliphatic carbocycles. The Morgan fingerprint density at radius 2 is 1.92 bits per heavy atom. The Morgan fingerprint density at radius 1 is 1.23 bits per heavy atom. The standard InChI is InChI=1S/C9H13N3.ClH/c10-8-3-4-9(11-7-8)12-5-1-2-6-12;/h3-4,7H,1-2,5-6,10H2;1H. The fourth-order valence-corrected chi connectivity index (χ4v) is 1.53. The molecule has 0 spiro atoms. The van der Waals surface area contributed by atoms with Gasteiger partial charge in [-0.15, -0.1) is 12.4 Å². The minimum Gasteiger partial charge on any atom is -0.397 e. The van der Waals surface area contributed by atoms with Crippen molar-refractivity contribution in [1.82, 2.24) is 4.98 Å². The Balaban J connectivity index is 0.000000845. The van der Waals surface area contributed by atoms with Gasteiger partial charge >= 0.3 is 0 Å². The van der Waals surface area contributed by atoms with Crippen LogP contribution in [0.1, 0.15) is 12.8 Å². The largest absolute Gasteiger partial charge is 0.397 e. The van der Waals surface area contributed by atoms with Crippen molar-refractivity contribution in [1.29, 1.82) is 0 Å². The predicted octanol–water partition coefficient (Wildman–Crippen LogP) is 1.69. The van der Waals surface area contributed by atoms with Gasteiger partial charge in [0.1, 0.15) is 5.82 Å². The maximum absolute atomic E-state index is 5.54. The maximum atomic E-state index is 5.54. The van der Waals surface area contributed by atoms with E-state index in [1.54, 1.807) is 6.20 Å². The lowest BCUT2D eigenvalue weighted by Gasteiger charge is -2.15. The van der Waals surface area contributed by atoms with Gasteiger partial charge in [0.2, 0.25) is 0 Å². The minimum atomic E-state index is 0. The van der Waals surface area contributed by atoms with Gasteiger partial charge in [-0.1, -0.05) is 0 Å². The molecular formula is C9H14ClN3. The van der Waals surface area contributed by atoms with Crippen molar-refractivity contribution in [3.8, 4) is 0 Å². The van der Waals surface area contributed by atoms with E-state index in [1.807, 2.05) is 12.1 Å². The third kappa shape index (κ3) is 2.25. The number of aromatic nitrogens is 1. The summed E-state index contributed by atoms with van der Waals surface area (Å²) in [5, 5.41) is 0. The van der Waals surface area contributed by atoms with E-state index in [1.165, 1.54) is 12.8 Å². The summed E-state index contributed by atoms with van der Waals surface area (Å²) in [7, 11) is 0. The van der Waals surface area contributed by atoms with Crippen molar-refractivity contribution in [3.63, 3.8) is 0 Å². The van der Waals surface area contributed by atoms with Gasteiger partial charge in [-0.25, -0.2) is 4.98 Å². The molecule has 0 aromatic carbocycles. The maximum Gasteiger partial charge on any atom is 0.128 e. The molecule has 72 valence electrons. The molecule has 1 saturated heterocycles. The Bertz CT molecular complexity index is 254. The lowest BCUT2D eigenvalue weighted by molar-refractivity contribution is 0.938. The van der Waals surface area contributed by atoms with Crippen LogP contribution < -0.4 is 10.6 Å². The van der Waals surface area contributed by atoms with Crippen molar-refractivity contribution in [3.05, 3.63) is 18.3 Å². The number of hydrogen-bond donors (Lipinski definition) is 1. The summed E-state index contributed by atoms with van der Waals surface area (Å²) in [4.78, 5) is 6.55. The first-order valence-electron chi connectivity index (χ1n) is 4.33. The highest BCUT2D eigenvalue weighted by atomic mass is 35.5. The number of nitrogen functional groups attached to an aromatic ring is 1. The fourth-order valence-electron chi connectivity index (χ4n) is 1.53. The van der Waals surface area contributed by atoms with Crippen molar-refractivity contribution in [2.24, 2.45) is 0 Å². The Morgan fingerprint density at radius 3 is 2.46 bits per heavy atom. The number of nitrogens with two attached hydrogens (primary N) is 1. The molecule has 13 heavy (non-hydrogen) atoms. The molecule has 0 radical (unpaired) electrons. The van der Waals surface area contributed by atoms with Gasteiger partial charge < -0.3 is 10.6 Å². The van der Waals surface area contributed by atoms with Crippen LogP contribution in [0.4, 0.5) is 11.5 Å². The van der Waals surface area contributed by atoms with Crippen LogP contribution in [-0.4, -0.2) is 18.1 Å². The lowest BCUT2D eigenvalue weighted by atomic mass is 10.4. The number of anilines is 2. The average molecular weight is 200 g/mol. The Hall–Kier alpha value is -0.960. The molecule has 0 atom stereocenters. The molecule has 0 saturated carbocycles. The first-order chi connectivity index (χ1) is 5.86. The summed E-state index contributed by atoms with van der Waals surface area (Å²) in [5.74, 6) is 1.06. The van der Waals surface area contributed by atoms with Crippen molar-refractivity contribution in [2.75, 3.05) is 23.7 Å². The molecule has 0 bridgehead atoms. The number of nitrogens with zero attached hydrogens (tertiary/aromatic N) is 2. The van der Waals surface area contributed by atoms with Crippen LogP contribution in [0, 0.1) is 0 Å². The third-order valence-corrected chi connectivity index (χ3v) is 2.20. The minimum absolute atomic E-state index is 0. The SMILES string of the molecule is Cl.Nc1ccc(N2CCCC2)nc1. The van der Waals surface area contributed by atoms with Crippen LogP contribution in [0.5, 0.6) is 0 Å². The van der Waals surface area contributed by atoms with Gasteiger partial charge in [0, 0.05) is 13.1 Å². The second kappa shape index (κ2) is 4.33. The summed E-state index contributed by atoms with van der Waals surface area (Å²) in [6.07, 6.45) is 4.28. The molecule has 0 unspecified atom stereocenters. The van der Waals surface area contributed by atoms with Crippen LogP contribution in [0.15, 0.2) is 18.3 Å². The van der Waals surface area contributed by atoms with E-state index in [2.05, 4.69) is 9.88 Å². The van der Waals surface area contributed by atoms with E-state index in [0.717, 1.165) is 24.6 Å². The number of hydrogen-bond acceptors (Lipinski definition) is 3. The van der Waals surface area contributed by atoms with E-state index in [4.69, 9.17) is 5.73 Å². The van der Waals surface area contributed by atoms with Gasteiger partial charge in [-0.05, 0) is 25.0 Å². The summed E-state index contributed by atoms with van der Waals surface area (Å²) in [6, 6.07) is 3.89. The number of pyridine rings is 1. The zero-order chi connectivity index (χ0) is 8.39.